The van der Waals surface area contributed by atoms with Crippen molar-refractivity contribution in [2.24, 2.45) is 0 Å². The van der Waals surface area contributed by atoms with Gasteiger partial charge in [-0.15, -0.1) is 0 Å². The molecule has 5 nitrogen and oxygen atoms in total. The number of rotatable bonds is 7. The Labute approximate surface area is 151 Å². The highest BCUT2D eigenvalue weighted by Crippen LogP contribution is 2.25. The number of hydrogen-bond acceptors (Lipinski definition) is 4. The van der Waals surface area contributed by atoms with Crippen molar-refractivity contribution in [1.82, 2.24) is 15.1 Å². The molecule has 0 bridgehead atoms. The first-order valence-corrected chi connectivity index (χ1v) is 10.0. The van der Waals surface area contributed by atoms with E-state index in [1.54, 1.807) is 6.26 Å². The highest BCUT2D eigenvalue weighted by molar-refractivity contribution is 5.76. The first kappa shape index (κ1) is 18.5. The molecule has 140 valence electrons. The predicted octanol–water partition coefficient (Wildman–Crippen LogP) is 3.19. The van der Waals surface area contributed by atoms with Crippen LogP contribution in [0.15, 0.2) is 22.8 Å². The summed E-state index contributed by atoms with van der Waals surface area (Å²) in [6, 6.07) is 4.49. The maximum Gasteiger partial charge on any atom is 0.224 e. The maximum absolute atomic E-state index is 12.5. The van der Waals surface area contributed by atoms with Crippen LogP contribution in [-0.4, -0.2) is 54.5 Å². The van der Waals surface area contributed by atoms with E-state index >= 15 is 0 Å². The molecule has 2 aliphatic rings. The molecule has 1 aromatic rings. The molecular weight excluding hydrogens is 314 g/mol. The van der Waals surface area contributed by atoms with E-state index in [1.807, 2.05) is 6.07 Å². The third kappa shape index (κ3) is 5.32. The fraction of sp³-hybridized carbons (Fsp3) is 0.750. The highest BCUT2D eigenvalue weighted by atomic mass is 16.3. The van der Waals surface area contributed by atoms with E-state index < -0.39 is 0 Å². The van der Waals surface area contributed by atoms with Crippen LogP contribution in [-0.2, 0) is 4.79 Å². The monoisotopic (exact) mass is 347 g/mol. The Morgan fingerprint density at radius 3 is 2.44 bits per heavy atom. The summed E-state index contributed by atoms with van der Waals surface area (Å²) in [5.41, 5.74) is 0. The van der Waals surface area contributed by atoms with Gasteiger partial charge in [-0.1, -0.05) is 12.8 Å². The second-order valence-corrected chi connectivity index (χ2v) is 7.58. The lowest BCUT2D eigenvalue weighted by atomic mass is 10.1. The first-order valence-electron chi connectivity index (χ1n) is 10.0. The van der Waals surface area contributed by atoms with Crippen LogP contribution in [0.1, 0.15) is 63.7 Å². The molecule has 0 saturated carbocycles. The zero-order valence-corrected chi connectivity index (χ0v) is 15.6. The summed E-state index contributed by atoms with van der Waals surface area (Å²) in [5.74, 6) is 1.33. The standard InChI is InChI=1S/C20H33N3O2/c1-17(15-20(24)23-12-4-2-3-5-13-23)21-16-18(19-9-8-14-25-19)22-10-6-7-11-22/h8-9,14,17-18,21H,2-7,10-13,15-16H2,1H3/t17-,18-/m1/s1. The van der Waals surface area contributed by atoms with Gasteiger partial charge < -0.3 is 14.6 Å². The third-order valence-corrected chi connectivity index (χ3v) is 5.55. The van der Waals surface area contributed by atoms with Gasteiger partial charge in [-0.25, -0.2) is 0 Å². The molecule has 2 fully saturated rings. The second kappa shape index (κ2) is 9.39. The van der Waals surface area contributed by atoms with E-state index in [4.69, 9.17) is 4.42 Å². The third-order valence-electron chi connectivity index (χ3n) is 5.55. The number of hydrogen-bond donors (Lipinski definition) is 1. The SMILES string of the molecule is C[C@H](CC(=O)N1CCCCCC1)NC[C@H](c1ccco1)N1CCCC1. The largest absolute Gasteiger partial charge is 0.468 e. The van der Waals surface area contributed by atoms with Crippen molar-refractivity contribution in [2.45, 2.75) is 64.0 Å². The number of nitrogens with zero attached hydrogens (tertiary/aromatic N) is 2. The van der Waals surface area contributed by atoms with E-state index in [2.05, 4.69) is 28.1 Å². The summed E-state index contributed by atoms with van der Waals surface area (Å²) in [7, 11) is 0. The van der Waals surface area contributed by atoms with E-state index in [1.165, 1.54) is 25.7 Å². The molecule has 1 amide bonds. The van der Waals surface area contributed by atoms with Crippen molar-refractivity contribution in [3.8, 4) is 0 Å². The van der Waals surface area contributed by atoms with Crippen molar-refractivity contribution in [2.75, 3.05) is 32.7 Å². The molecular formula is C20H33N3O2. The molecule has 0 radical (unpaired) electrons. The minimum absolute atomic E-state index is 0.191. The lowest BCUT2D eigenvalue weighted by Gasteiger charge is -2.28. The van der Waals surface area contributed by atoms with Crippen LogP contribution in [0, 0.1) is 0 Å². The number of amides is 1. The Balaban J connectivity index is 1.49. The van der Waals surface area contributed by atoms with Gasteiger partial charge >= 0.3 is 0 Å². The Morgan fingerprint density at radius 2 is 1.80 bits per heavy atom. The molecule has 1 aromatic heterocycles. The van der Waals surface area contributed by atoms with Crippen LogP contribution in [0.4, 0.5) is 0 Å². The number of nitrogens with one attached hydrogen (secondary N) is 1. The van der Waals surface area contributed by atoms with E-state index in [-0.39, 0.29) is 12.1 Å². The van der Waals surface area contributed by atoms with Crippen molar-refractivity contribution in [3.05, 3.63) is 24.2 Å². The molecule has 5 heteroatoms. The summed E-state index contributed by atoms with van der Waals surface area (Å²) in [4.78, 5) is 17.1. The molecule has 3 heterocycles. The van der Waals surface area contributed by atoms with Crippen LogP contribution >= 0.6 is 0 Å². The lowest BCUT2D eigenvalue weighted by Crippen LogP contribution is -2.41. The zero-order valence-electron chi connectivity index (χ0n) is 15.6. The minimum atomic E-state index is 0.191. The van der Waals surface area contributed by atoms with Crippen molar-refractivity contribution < 1.29 is 9.21 Å². The fourth-order valence-corrected chi connectivity index (χ4v) is 4.04. The summed E-state index contributed by atoms with van der Waals surface area (Å²) in [6.07, 6.45) is 9.71. The summed E-state index contributed by atoms with van der Waals surface area (Å²) >= 11 is 0. The van der Waals surface area contributed by atoms with Gasteiger partial charge in [-0.3, -0.25) is 9.69 Å². The van der Waals surface area contributed by atoms with Crippen LogP contribution < -0.4 is 5.32 Å². The van der Waals surface area contributed by atoms with Gasteiger partial charge in [-0.2, -0.15) is 0 Å². The highest BCUT2D eigenvalue weighted by Gasteiger charge is 2.26. The van der Waals surface area contributed by atoms with Crippen LogP contribution in [0.3, 0.4) is 0 Å². The topological polar surface area (TPSA) is 48.7 Å². The number of carbonyl (C=O) groups excluding carboxylic acids is 1. The molecule has 2 aliphatic heterocycles. The average Bonchev–Trinajstić information content (AvgIpc) is 3.25. The molecule has 2 atom stereocenters. The van der Waals surface area contributed by atoms with E-state index in [9.17, 15) is 4.79 Å². The Morgan fingerprint density at radius 1 is 1.12 bits per heavy atom. The van der Waals surface area contributed by atoms with Crippen molar-refractivity contribution in [1.29, 1.82) is 0 Å². The van der Waals surface area contributed by atoms with Gasteiger partial charge in [0.05, 0.1) is 12.3 Å². The molecule has 0 spiro atoms. The summed E-state index contributed by atoms with van der Waals surface area (Å²) < 4.78 is 5.67. The molecule has 0 aliphatic carbocycles. The number of furan rings is 1. The predicted molar refractivity (Wildman–Crippen MR) is 99.4 cm³/mol. The van der Waals surface area contributed by atoms with Gasteiger partial charge in [0, 0.05) is 32.1 Å². The van der Waals surface area contributed by atoms with Gasteiger partial charge in [0.15, 0.2) is 0 Å². The quantitative estimate of drug-likeness (QED) is 0.823. The Hall–Kier alpha value is -1.33. The van der Waals surface area contributed by atoms with Gasteiger partial charge in [0.25, 0.3) is 0 Å². The van der Waals surface area contributed by atoms with Gasteiger partial charge in [0.1, 0.15) is 5.76 Å². The number of carbonyl (C=O) groups is 1. The van der Waals surface area contributed by atoms with Gasteiger partial charge in [0.2, 0.25) is 5.91 Å². The van der Waals surface area contributed by atoms with Gasteiger partial charge in [-0.05, 0) is 57.8 Å². The molecule has 0 unspecified atom stereocenters. The van der Waals surface area contributed by atoms with E-state index in [0.29, 0.717) is 12.3 Å². The summed E-state index contributed by atoms with van der Waals surface area (Å²) in [6.45, 7) is 7.10. The Bertz CT molecular complexity index is 503. The molecule has 1 N–H and O–H groups in total. The molecule has 0 aromatic carbocycles. The van der Waals surface area contributed by atoms with Crippen LogP contribution in [0.25, 0.3) is 0 Å². The molecule has 3 rings (SSSR count). The number of likely N-dealkylation sites (tertiary alicyclic amines) is 2. The summed E-state index contributed by atoms with van der Waals surface area (Å²) in [5, 5.41) is 3.58. The lowest BCUT2D eigenvalue weighted by molar-refractivity contribution is -0.131. The molecule has 25 heavy (non-hydrogen) atoms. The van der Waals surface area contributed by atoms with Crippen molar-refractivity contribution in [3.63, 3.8) is 0 Å². The minimum Gasteiger partial charge on any atom is -0.468 e. The Kier molecular flexibility index (Phi) is 6.93. The average molecular weight is 348 g/mol. The smallest absolute Gasteiger partial charge is 0.224 e. The van der Waals surface area contributed by atoms with Crippen LogP contribution in [0.2, 0.25) is 0 Å². The normalized spacial score (nSPS) is 21.9. The maximum atomic E-state index is 12.5. The fourth-order valence-electron chi connectivity index (χ4n) is 4.04. The zero-order chi connectivity index (χ0) is 17.5. The molecule has 2 saturated heterocycles. The van der Waals surface area contributed by atoms with Crippen LogP contribution in [0.5, 0.6) is 0 Å². The first-order chi connectivity index (χ1) is 12.2. The van der Waals surface area contributed by atoms with Crippen molar-refractivity contribution >= 4 is 5.91 Å². The second-order valence-electron chi connectivity index (χ2n) is 7.58. The van der Waals surface area contributed by atoms with E-state index in [0.717, 1.165) is 51.3 Å².